The summed E-state index contributed by atoms with van der Waals surface area (Å²) in [6.45, 7) is 3.92. The first-order valence-electron chi connectivity index (χ1n) is 7.25. The van der Waals surface area contributed by atoms with Crippen molar-refractivity contribution in [3.63, 3.8) is 0 Å². The Morgan fingerprint density at radius 2 is 2.35 bits per heavy atom. The van der Waals surface area contributed by atoms with E-state index in [1.54, 1.807) is 0 Å². The number of hydrogen-bond acceptors (Lipinski definition) is 3. The van der Waals surface area contributed by atoms with E-state index in [4.69, 9.17) is 4.74 Å². The first-order valence-corrected chi connectivity index (χ1v) is 7.25. The summed E-state index contributed by atoms with van der Waals surface area (Å²) in [5, 5.41) is 3.59. The summed E-state index contributed by atoms with van der Waals surface area (Å²) in [6.07, 6.45) is 6.02. The highest BCUT2D eigenvalue weighted by molar-refractivity contribution is 5.47. The molecular formula is C16H21N3O. The molecule has 1 atom stereocenters. The molecule has 106 valence electrons. The molecule has 0 saturated carbocycles. The second kappa shape index (κ2) is 5.67. The highest BCUT2D eigenvalue weighted by Crippen LogP contribution is 2.35. The monoisotopic (exact) mass is 271 g/mol. The van der Waals surface area contributed by atoms with Crippen molar-refractivity contribution in [3.05, 3.63) is 47.5 Å². The molecule has 20 heavy (non-hydrogen) atoms. The maximum Gasteiger partial charge on any atom is 0.127 e. The van der Waals surface area contributed by atoms with Gasteiger partial charge in [0.1, 0.15) is 5.75 Å². The maximum atomic E-state index is 5.84. The fourth-order valence-electron chi connectivity index (χ4n) is 2.71. The van der Waals surface area contributed by atoms with Gasteiger partial charge in [-0.25, -0.2) is 4.98 Å². The molecule has 0 bridgehead atoms. The molecule has 4 heteroatoms. The van der Waals surface area contributed by atoms with Gasteiger partial charge in [-0.05, 0) is 18.5 Å². The first kappa shape index (κ1) is 13.2. The zero-order valence-corrected chi connectivity index (χ0v) is 12.1. The summed E-state index contributed by atoms with van der Waals surface area (Å²) in [7, 11) is 2.00. The van der Waals surface area contributed by atoms with Crippen LogP contribution in [-0.4, -0.2) is 22.7 Å². The van der Waals surface area contributed by atoms with Crippen LogP contribution in [-0.2, 0) is 13.5 Å². The van der Waals surface area contributed by atoms with E-state index in [0.29, 0.717) is 0 Å². The molecule has 1 aliphatic rings. The van der Waals surface area contributed by atoms with Gasteiger partial charge in [0.05, 0.1) is 24.7 Å². The van der Waals surface area contributed by atoms with Crippen molar-refractivity contribution in [1.29, 1.82) is 0 Å². The van der Waals surface area contributed by atoms with Crippen molar-refractivity contribution < 1.29 is 4.74 Å². The van der Waals surface area contributed by atoms with Crippen LogP contribution in [0.25, 0.3) is 0 Å². The van der Waals surface area contributed by atoms with Gasteiger partial charge in [0.15, 0.2) is 0 Å². The van der Waals surface area contributed by atoms with Gasteiger partial charge in [0, 0.05) is 25.2 Å². The van der Waals surface area contributed by atoms with Crippen molar-refractivity contribution in [2.24, 2.45) is 7.05 Å². The third-order valence-electron chi connectivity index (χ3n) is 3.67. The fourth-order valence-corrected chi connectivity index (χ4v) is 2.71. The van der Waals surface area contributed by atoms with Crippen LogP contribution in [0, 0.1) is 0 Å². The third kappa shape index (κ3) is 2.43. The summed E-state index contributed by atoms with van der Waals surface area (Å²) in [5.74, 6) is 1.05. The molecule has 2 heterocycles. The van der Waals surface area contributed by atoms with E-state index < -0.39 is 0 Å². The molecule has 4 nitrogen and oxygen atoms in total. The van der Waals surface area contributed by atoms with Crippen molar-refractivity contribution in [1.82, 2.24) is 14.9 Å². The summed E-state index contributed by atoms with van der Waals surface area (Å²) < 4.78 is 7.83. The number of hydrogen-bond donors (Lipinski definition) is 1. The van der Waals surface area contributed by atoms with E-state index in [2.05, 4.69) is 41.6 Å². The lowest BCUT2D eigenvalue weighted by atomic mass is 9.99. The predicted molar refractivity (Wildman–Crippen MR) is 79.0 cm³/mol. The Kier molecular flexibility index (Phi) is 3.74. The topological polar surface area (TPSA) is 39.1 Å². The Balaban J connectivity index is 1.99. The van der Waals surface area contributed by atoms with E-state index in [9.17, 15) is 0 Å². The second-order valence-corrected chi connectivity index (χ2v) is 5.29. The number of aromatic nitrogens is 2. The lowest BCUT2D eigenvalue weighted by Gasteiger charge is -2.19. The molecule has 0 saturated heterocycles. The standard InChI is InChI=1S/C16H21N3O/c1-3-8-17-15(14-10-19(2)11-18-14)13-6-4-5-12-7-9-20-16(12)13/h4-6,10-11,15,17H,3,7-9H2,1-2H3. The zero-order valence-electron chi connectivity index (χ0n) is 12.1. The van der Waals surface area contributed by atoms with Crippen LogP contribution in [0.15, 0.2) is 30.7 Å². The van der Waals surface area contributed by atoms with Crippen LogP contribution in [0.2, 0.25) is 0 Å². The van der Waals surface area contributed by atoms with Crippen LogP contribution in [0.4, 0.5) is 0 Å². The molecule has 1 aromatic heterocycles. The molecule has 3 rings (SSSR count). The van der Waals surface area contributed by atoms with Gasteiger partial charge < -0.3 is 14.6 Å². The molecule has 0 spiro atoms. The van der Waals surface area contributed by atoms with E-state index >= 15 is 0 Å². The average molecular weight is 271 g/mol. The molecule has 1 aliphatic heterocycles. The normalized spacial score (nSPS) is 14.9. The zero-order chi connectivity index (χ0) is 13.9. The molecule has 1 aromatic carbocycles. The van der Waals surface area contributed by atoms with E-state index in [-0.39, 0.29) is 6.04 Å². The molecular weight excluding hydrogens is 250 g/mol. The number of benzene rings is 1. The number of aryl methyl sites for hydroxylation is 1. The number of nitrogens with zero attached hydrogens (tertiary/aromatic N) is 2. The second-order valence-electron chi connectivity index (χ2n) is 5.29. The van der Waals surface area contributed by atoms with E-state index in [1.807, 2.05) is 17.9 Å². The van der Waals surface area contributed by atoms with Gasteiger partial charge in [-0.15, -0.1) is 0 Å². The molecule has 0 aliphatic carbocycles. The van der Waals surface area contributed by atoms with Crippen LogP contribution < -0.4 is 10.1 Å². The first-order chi connectivity index (χ1) is 9.79. The smallest absolute Gasteiger partial charge is 0.127 e. The third-order valence-corrected chi connectivity index (χ3v) is 3.67. The van der Waals surface area contributed by atoms with Crippen molar-refractivity contribution in [3.8, 4) is 5.75 Å². The van der Waals surface area contributed by atoms with Crippen LogP contribution in [0.1, 0.15) is 36.2 Å². The maximum absolute atomic E-state index is 5.84. The highest BCUT2D eigenvalue weighted by atomic mass is 16.5. The van der Waals surface area contributed by atoms with Crippen LogP contribution in [0.5, 0.6) is 5.75 Å². The Bertz CT molecular complexity index is 591. The minimum atomic E-state index is 0.101. The van der Waals surface area contributed by atoms with Gasteiger partial charge in [-0.3, -0.25) is 0 Å². The lowest BCUT2D eigenvalue weighted by molar-refractivity contribution is 0.350. The van der Waals surface area contributed by atoms with Gasteiger partial charge >= 0.3 is 0 Å². The Labute approximate surface area is 119 Å². The number of nitrogens with one attached hydrogen (secondary N) is 1. The van der Waals surface area contributed by atoms with Crippen molar-refractivity contribution in [2.75, 3.05) is 13.2 Å². The largest absolute Gasteiger partial charge is 0.493 e. The molecule has 1 unspecified atom stereocenters. The van der Waals surface area contributed by atoms with Crippen molar-refractivity contribution in [2.45, 2.75) is 25.8 Å². The van der Waals surface area contributed by atoms with Crippen molar-refractivity contribution >= 4 is 0 Å². The molecule has 1 N–H and O–H groups in total. The summed E-state index contributed by atoms with van der Waals surface area (Å²) >= 11 is 0. The highest BCUT2D eigenvalue weighted by Gasteiger charge is 2.24. The molecule has 0 fully saturated rings. The number of fused-ring (bicyclic) bond motifs is 1. The predicted octanol–water partition coefficient (Wildman–Crippen LogP) is 2.44. The summed E-state index contributed by atoms with van der Waals surface area (Å²) in [6, 6.07) is 6.52. The van der Waals surface area contributed by atoms with E-state index in [1.165, 1.54) is 11.1 Å². The number of ether oxygens (including phenoxy) is 1. The Morgan fingerprint density at radius 3 is 3.10 bits per heavy atom. The minimum Gasteiger partial charge on any atom is -0.493 e. The SMILES string of the molecule is CCCNC(c1cn(C)cn1)c1cccc2c1OCC2. The minimum absolute atomic E-state index is 0.101. The number of imidazole rings is 1. The van der Waals surface area contributed by atoms with E-state index in [0.717, 1.165) is 37.4 Å². The number of para-hydroxylation sites is 1. The molecule has 2 aromatic rings. The van der Waals surface area contributed by atoms with Gasteiger partial charge in [0.25, 0.3) is 0 Å². The van der Waals surface area contributed by atoms with Crippen LogP contribution >= 0.6 is 0 Å². The number of rotatable bonds is 5. The molecule has 0 radical (unpaired) electrons. The van der Waals surface area contributed by atoms with Gasteiger partial charge in [-0.1, -0.05) is 25.1 Å². The lowest BCUT2D eigenvalue weighted by Crippen LogP contribution is -2.24. The molecule has 0 amide bonds. The Hall–Kier alpha value is -1.81. The summed E-state index contributed by atoms with van der Waals surface area (Å²) in [5.41, 5.74) is 3.55. The van der Waals surface area contributed by atoms with Gasteiger partial charge in [-0.2, -0.15) is 0 Å². The fraction of sp³-hybridized carbons (Fsp3) is 0.438. The summed E-state index contributed by atoms with van der Waals surface area (Å²) in [4.78, 5) is 4.52. The van der Waals surface area contributed by atoms with Crippen LogP contribution in [0.3, 0.4) is 0 Å². The Morgan fingerprint density at radius 1 is 1.45 bits per heavy atom. The average Bonchev–Trinajstić information content (AvgIpc) is 3.08. The van der Waals surface area contributed by atoms with Gasteiger partial charge in [0.2, 0.25) is 0 Å². The quantitative estimate of drug-likeness (QED) is 0.908.